The number of carbonyl (C=O) groups is 1. The van der Waals surface area contributed by atoms with Gasteiger partial charge in [0.2, 0.25) is 0 Å². The summed E-state index contributed by atoms with van der Waals surface area (Å²) in [6.45, 7) is 1.93. The van der Waals surface area contributed by atoms with Crippen molar-refractivity contribution >= 4 is 19.0 Å². The number of rotatable bonds is 5. The molecule has 0 bridgehead atoms. The number of nitrogens with zero attached hydrogens (tertiary/aromatic N) is 2. The van der Waals surface area contributed by atoms with Crippen LogP contribution in [0.1, 0.15) is 10.4 Å². The second-order valence-corrected chi connectivity index (χ2v) is 2.99. The number of nitrogens with one attached hydrogen (secondary N) is 2. The Balaban J connectivity index is 0.00000154. The third kappa shape index (κ3) is 6.51. The van der Waals surface area contributed by atoms with Gasteiger partial charge in [0.05, 0.1) is 13.4 Å². The molecule has 1 aromatic rings. The van der Waals surface area contributed by atoms with Crippen LogP contribution in [0.3, 0.4) is 0 Å². The highest BCUT2D eigenvalue weighted by Gasteiger charge is 2.03. The predicted octanol–water partition coefficient (Wildman–Crippen LogP) is 0.953. The third-order valence-corrected chi connectivity index (χ3v) is 1.84. The standard InChI is InChI=1S/C10H11N3O4.CH3N/c1-17-9-4-2-8(3-5-9)10(14)12-6-11-7-13(15)16;1-2/h2-6H,7H2,1H3,(H,11,12,14);2H,1H2. The van der Waals surface area contributed by atoms with E-state index >= 15 is 0 Å². The van der Waals surface area contributed by atoms with Crippen molar-refractivity contribution < 1.29 is 14.5 Å². The number of amides is 1. The number of hydrogen-bond acceptors (Lipinski definition) is 6. The summed E-state index contributed by atoms with van der Waals surface area (Å²) in [4.78, 5) is 24.2. The highest BCUT2D eigenvalue weighted by molar-refractivity contribution is 6.00. The fourth-order valence-corrected chi connectivity index (χ4v) is 1.04. The molecule has 1 rings (SSSR count). The van der Waals surface area contributed by atoms with Gasteiger partial charge in [0.1, 0.15) is 5.75 Å². The Kier molecular flexibility index (Phi) is 7.93. The first-order chi connectivity index (χ1) is 9.13. The Morgan fingerprint density at radius 1 is 1.53 bits per heavy atom. The summed E-state index contributed by atoms with van der Waals surface area (Å²) >= 11 is 0. The first-order valence-corrected chi connectivity index (χ1v) is 5.04. The highest BCUT2D eigenvalue weighted by atomic mass is 16.6. The minimum atomic E-state index is -0.601. The maximum Gasteiger partial charge on any atom is 0.295 e. The van der Waals surface area contributed by atoms with Gasteiger partial charge >= 0.3 is 0 Å². The number of nitro groups is 1. The zero-order valence-electron chi connectivity index (χ0n) is 10.3. The molecule has 8 heteroatoms. The van der Waals surface area contributed by atoms with E-state index in [4.69, 9.17) is 10.1 Å². The molecule has 0 aromatic heterocycles. The summed E-state index contributed by atoms with van der Waals surface area (Å²) in [6.07, 6.45) is 1.01. The lowest BCUT2D eigenvalue weighted by molar-refractivity contribution is -0.477. The average molecular weight is 266 g/mol. The molecular weight excluding hydrogens is 252 g/mol. The van der Waals surface area contributed by atoms with Crippen molar-refractivity contribution in [3.63, 3.8) is 0 Å². The van der Waals surface area contributed by atoms with Crippen LogP contribution in [0, 0.1) is 15.5 Å². The average Bonchev–Trinajstić information content (AvgIpc) is 2.45. The number of aliphatic imine (C=N–C) groups is 1. The molecule has 0 aliphatic heterocycles. The molecule has 0 unspecified atom stereocenters. The topological polar surface area (TPSA) is 118 Å². The lowest BCUT2D eigenvalue weighted by Crippen LogP contribution is -2.21. The largest absolute Gasteiger partial charge is 0.497 e. The van der Waals surface area contributed by atoms with Gasteiger partial charge in [-0.3, -0.25) is 14.9 Å². The Bertz CT molecular complexity index is 445. The molecular formula is C11H14N4O4. The van der Waals surface area contributed by atoms with Crippen molar-refractivity contribution in [2.75, 3.05) is 13.8 Å². The van der Waals surface area contributed by atoms with Crippen LogP contribution in [0.15, 0.2) is 29.3 Å². The van der Waals surface area contributed by atoms with Crippen LogP contribution in [-0.4, -0.2) is 37.7 Å². The number of hydrogen-bond donors (Lipinski definition) is 2. The van der Waals surface area contributed by atoms with Crippen molar-refractivity contribution in [3.8, 4) is 5.75 Å². The summed E-state index contributed by atoms with van der Waals surface area (Å²) in [7, 11) is 1.53. The molecule has 0 heterocycles. The molecule has 0 saturated heterocycles. The molecule has 0 fully saturated rings. The van der Waals surface area contributed by atoms with Crippen molar-refractivity contribution in [2.24, 2.45) is 4.99 Å². The second kappa shape index (κ2) is 9.28. The van der Waals surface area contributed by atoms with E-state index in [1.165, 1.54) is 7.11 Å². The summed E-state index contributed by atoms with van der Waals surface area (Å²) < 4.78 is 4.94. The third-order valence-electron chi connectivity index (χ3n) is 1.84. The molecule has 0 aliphatic rings. The van der Waals surface area contributed by atoms with Gasteiger partial charge in [-0.05, 0) is 31.0 Å². The van der Waals surface area contributed by atoms with Crippen LogP contribution in [0.25, 0.3) is 0 Å². The fourth-order valence-electron chi connectivity index (χ4n) is 1.04. The number of ether oxygens (including phenoxy) is 1. The Morgan fingerprint density at radius 2 is 2.11 bits per heavy atom. The maximum absolute atomic E-state index is 11.5. The van der Waals surface area contributed by atoms with Crippen LogP contribution in [0.4, 0.5) is 0 Å². The molecule has 0 aliphatic carbocycles. The summed E-state index contributed by atoms with van der Waals surface area (Å²) in [5, 5.41) is 17.8. The number of carbonyl (C=O) groups excluding carboxylic acids is 1. The minimum Gasteiger partial charge on any atom is -0.497 e. The zero-order chi connectivity index (χ0) is 14.7. The Morgan fingerprint density at radius 3 is 2.58 bits per heavy atom. The normalized spacial score (nSPS) is 9.32. The molecule has 0 saturated carbocycles. The number of benzene rings is 1. The monoisotopic (exact) mass is 266 g/mol. The van der Waals surface area contributed by atoms with E-state index < -0.39 is 11.6 Å². The van der Waals surface area contributed by atoms with Crippen LogP contribution >= 0.6 is 0 Å². The lowest BCUT2D eigenvalue weighted by atomic mass is 10.2. The van der Waals surface area contributed by atoms with E-state index in [1.807, 2.05) is 0 Å². The molecule has 102 valence electrons. The van der Waals surface area contributed by atoms with E-state index in [2.05, 4.69) is 17.0 Å². The van der Waals surface area contributed by atoms with Crippen molar-refractivity contribution in [1.82, 2.24) is 5.32 Å². The van der Waals surface area contributed by atoms with Gasteiger partial charge in [-0.15, -0.1) is 0 Å². The highest BCUT2D eigenvalue weighted by Crippen LogP contribution is 2.10. The Labute approximate surface area is 109 Å². The molecule has 0 spiro atoms. The van der Waals surface area contributed by atoms with Crippen molar-refractivity contribution in [3.05, 3.63) is 39.9 Å². The molecule has 19 heavy (non-hydrogen) atoms. The molecule has 0 atom stereocenters. The lowest BCUT2D eigenvalue weighted by Gasteiger charge is -2.01. The Hall–Kier alpha value is -2.77. The molecule has 2 N–H and O–H groups in total. The minimum absolute atomic E-state index is 0.389. The van der Waals surface area contributed by atoms with Gasteiger partial charge in [-0.25, -0.2) is 4.99 Å². The maximum atomic E-state index is 11.5. The fraction of sp³-hybridized carbons (Fsp3) is 0.182. The van der Waals surface area contributed by atoms with E-state index in [0.29, 0.717) is 11.3 Å². The first kappa shape index (κ1) is 16.2. The molecule has 1 aromatic carbocycles. The summed E-state index contributed by atoms with van der Waals surface area (Å²) in [5.41, 5.74) is 0.415. The quantitative estimate of drug-likeness (QED) is 0.357. The van der Waals surface area contributed by atoms with Crippen LogP contribution in [0.5, 0.6) is 5.75 Å². The van der Waals surface area contributed by atoms with Gasteiger partial charge in [-0.1, -0.05) is 0 Å². The SMILES string of the molecule is C=N.COc1ccc(C(=O)N/C=N\C[N+](=O)[O-])cc1. The first-order valence-electron chi connectivity index (χ1n) is 5.04. The van der Waals surface area contributed by atoms with Crippen molar-refractivity contribution in [1.29, 1.82) is 5.41 Å². The smallest absolute Gasteiger partial charge is 0.295 e. The van der Waals surface area contributed by atoms with Gasteiger partial charge < -0.3 is 15.5 Å². The van der Waals surface area contributed by atoms with E-state index in [1.54, 1.807) is 24.3 Å². The van der Waals surface area contributed by atoms with Crippen molar-refractivity contribution in [2.45, 2.75) is 0 Å². The van der Waals surface area contributed by atoms with E-state index in [9.17, 15) is 14.9 Å². The van der Waals surface area contributed by atoms with E-state index in [-0.39, 0.29) is 5.91 Å². The summed E-state index contributed by atoms with van der Waals surface area (Å²) in [6, 6.07) is 6.44. The molecule has 1 amide bonds. The van der Waals surface area contributed by atoms with Crippen LogP contribution in [0.2, 0.25) is 0 Å². The molecule has 0 radical (unpaired) electrons. The van der Waals surface area contributed by atoms with Crippen LogP contribution in [-0.2, 0) is 0 Å². The second-order valence-electron chi connectivity index (χ2n) is 2.99. The summed E-state index contributed by atoms with van der Waals surface area (Å²) in [5.74, 6) is 0.253. The van der Waals surface area contributed by atoms with Gasteiger partial charge in [-0.2, -0.15) is 0 Å². The predicted molar refractivity (Wildman–Crippen MR) is 70.7 cm³/mol. The van der Waals surface area contributed by atoms with Crippen LogP contribution < -0.4 is 10.1 Å². The van der Waals surface area contributed by atoms with Gasteiger partial charge in [0.25, 0.3) is 12.6 Å². The van der Waals surface area contributed by atoms with Gasteiger partial charge in [0, 0.05) is 10.5 Å². The zero-order valence-corrected chi connectivity index (χ0v) is 10.3. The van der Waals surface area contributed by atoms with Gasteiger partial charge in [0.15, 0.2) is 0 Å². The number of methoxy groups -OCH3 is 1. The molecule has 8 nitrogen and oxygen atoms in total. The van der Waals surface area contributed by atoms with E-state index in [0.717, 1.165) is 6.34 Å².